The summed E-state index contributed by atoms with van der Waals surface area (Å²) >= 11 is 0. The van der Waals surface area contributed by atoms with Gasteiger partial charge < -0.3 is 12.3 Å². The van der Waals surface area contributed by atoms with Gasteiger partial charge in [0.25, 0.3) is 0 Å². The van der Waals surface area contributed by atoms with Gasteiger partial charge in [0.1, 0.15) is 6.42 Å². The molecule has 0 atom stereocenters. The van der Waals surface area contributed by atoms with Crippen LogP contribution < -0.4 is 59.1 Å². The summed E-state index contributed by atoms with van der Waals surface area (Å²) in [7, 11) is 0. The molecule has 0 amide bonds. The maximum absolute atomic E-state index is 11.0. The van der Waals surface area contributed by atoms with Crippen LogP contribution in [0.3, 0.4) is 0 Å². The monoisotopic (exact) mass is 292 g/mol. The summed E-state index contributed by atoms with van der Waals surface area (Å²) in [5.74, 6) is -3.38. The maximum Gasteiger partial charge on any atom is 1.00 e. The van der Waals surface area contributed by atoms with Crippen LogP contribution in [-0.4, -0.2) is 23.9 Å². The van der Waals surface area contributed by atoms with Crippen molar-refractivity contribution in [2.75, 3.05) is 0 Å². The number of hydrogen-bond acceptors (Lipinski definition) is 6. The number of ether oxygens (including phenoxy) is 2. The molecular weight excluding hydrogens is 274 g/mol. The van der Waals surface area contributed by atoms with Crippen molar-refractivity contribution in [3.8, 4) is 0 Å². The Kier molecular flexibility index (Phi) is 18.8. The summed E-state index contributed by atoms with van der Waals surface area (Å²) in [6, 6.07) is 0. The molecule has 0 radical (unpaired) electrons. The molecule has 0 rings (SSSR count). The second kappa shape index (κ2) is 14.7. The minimum atomic E-state index is -1.00. The van der Waals surface area contributed by atoms with Crippen LogP contribution in [0, 0.1) is 0 Å². The Balaban J connectivity index is -0.000000213. The Morgan fingerprint density at radius 1 is 0.737 bits per heavy atom. The van der Waals surface area contributed by atoms with Gasteiger partial charge in [-0.15, -0.1) is 0 Å². The molecule has 8 heteroatoms. The number of hydrogen-bond donors (Lipinski definition) is 0. The second-order valence-electron chi connectivity index (χ2n) is 3.37. The van der Waals surface area contributed by atoms with E-state index in [1.54, 1.807) is 13.8 Å². The normalized spacial score (nSPS) is 8.53. The second-order valence-corrected chi connectivity index (χ2v) is 3.37. The zero-order valence-electron chi connectivity index (χ0n) is 14.0. The Morgan fingerprint density at radius 2 is 1.05 bits per heavy atom. The van der Waals surface area contributed by atoms with Gasteiger partial charge in [0.05, 0.1) is 0 Å². The molecule has 0 N–H and O–H groups in total. The number of esters is 4. The van der Waals surface area contributed by atoms with E-state index in [2.05, 4.69) is 9.47 Å². The summed E-state index contributed by atoms with van der Waals surface area (Å²) in [6.07, 6.45) is 0.576. The predicted octanol–water partition coefficient (Wildman–Crippen LogP) is -4.65. The van der Waals surface area contributed by atoms with Crippen molar-refractivity contribution in [3.05, 3.63) is 0 Å². The fourth-order valence-corrected chi connectivity index (χ4v) is 0.954. The van der Waals surface area contributed by atoms with E-state index < -0.39 is 30.3 Å². The van der Waals surface area contributed by atoms with Crippen molar-refractivity contribution in [2.24, 2.45) is 0 Å². The quantitative estimate of drug-likeness (QED) is 0.278. The van der Waals surface area contributed by atoms with Gasteiger partial charge in [-0.05, 0) is 12.8 Å². The summed E-state index contributed by atoms with van der Waals surface area (Å²) in [5.41, 5.74) is 0. The molecule has 0 spiro atoms. The number of rotatable bonds is 6. The summed E-state index contributed by atoms with van der Waals surface area (Å²) < 4.78 is 8.63. The average molecular weight is 292 g/mol. The smallest absolute Gasteiger partial charge is 1.00 e. The third-order valence-electron chi connectivity index (χ3n) is 1.65. The van der Waals surface area contributed by atoms with Crippen LogP contribution >= 0.6 is 0 Å². The first-order valence-electron chi connectivity index (χ1n) is 5.46. The molecule has 0 saturated heterocycles. The van der Waals surface area contributed by atoms with Crippen LogP contribution in [0.15, 0.2) is 0 Å². The first kappa shape index (κ1) is 24.3. The fraction of sp³-hybridized carbons (Fsp3) is 0.636. The minimum Gasteiger partial charge on any atom is -1.00 e. The van der Waals surface area contributed by atoms with Crippen LogP contribution in [0.25, 0.3) is 0 Å². The van der Waals surface area contributed by atoms with Crippen molar-refractivity contribution in [1.82, 2.24) is 0 Å². The molecule has 0 aromatic carbocycles. The molecule has 0 heterocycles. The van der Waals surface area contributed by atoms with E-state index in [1.165, 1.54) is 0 Å². The zero-order valence-corrected chi connectivity index (χ0v) is 16.0. The summed E-state index contributed by atoms with van der Waals surface area (Å²) in [6.45, 7) is 3.51. The van der Waals surface area contributed by atoms with Crippen molar-refractivity contribution in [2.45, 2.75) is 46.0 Å². The van der Waals surface area contributed by atoms with Gasteiger partial charge in [-0.2, -0.15) is 0 Å². The Bertz CT molecular complexity index is 296. The standard InChI is InChI=1S/C11H16O6.2Na.2H/c1-3-5-8(12)16-10(14)7-11(15)17-9(13)6-4-2;;;;/h3-7H2,1-2H3;;;;/q;2*+1;2*-1. The van der Waals surface area contributed by atoms with E-state index in [0.29, 0.717) is 12.8 Å². The van der Waals surface area contributed by atoms with Crippen molar-refractivity contribution >= 4 is 23.9 Å². The van der Waals surface area contributed by atoms with Crippen LogP contribution in [0.5, 0.6) is 0 Å². The van der Waals surface area contributed by atoms with E-state index in [-0.39, 0.29) is 74.8 Å². The van der Waals surface area contributed by atoms with Gasteiger partial charge in [-0.3, -0.25) is 19.2 Å². The third-order valence-corrected chi connectivity index (χ3v) is 1.65. The molecule has 0 saturated carbocycles. The zero-order chi connectivity index (χ0) is 13.3. The first-order valence-corrected chi connectivity index (χ1v) is 5.46. The van der Waals surface area contributed by atoms with Gasteiger partial charge in [0, 0.05) is 12.8 Å². The van der Waals surface area contributed by atoms with E-state index in [9.17, 15) is 19.2 Å². The molecule has 19 heavy (non-hydrogen) atoms. The third kappa shape index (κ3) is 14.5. The molecule has 0 aliphatic rings. The van der Waals surface area contributed by atoms with Crippen molar-refractivity contribution < 1.29 is 90.6 Å². The molecule has 100 valence electrons. The SMILES string of the molecule is CCCC(=O)OC(=O)CC(=O)OC(=O)CCC.[H-].[H-].[Na+].[Na+]. The molecular formula is C11H18Na2O6. The Labute approximate surface area is 159 Å². The van der Waals surface area contributed by atoms with E-state index in [0.717, 1.165) is 0 Å². The predicted molar refractivity (Wildman–Crippen MR) is 58.9 cm³/mol. The summed E-state index contributed by atoms with van der Waals surface area (Å²) in [5, 5.41) is 0. The Morgan fingerprint density at radius 3 is 1.32 bits per heavy atom. The molecule has 0 aliphatic carbocycles. The van der Waals surface area contributed by atoms with Gasteiger partial charge in [-0.1, -0.05) is 13.8 Å². The van der Waals surface area contributed by atoms with Gasteiger partial charge in [0.2, 0.25) is 0 Å². The van der Waals surface area contributed by atoms with E-state index in [4.69, 9.17) is 0 Å². The number of carbonyl (C=O) groups excluding carboxylic acids is 4. The maximum atomic E-state index is 11.0. The number of carbonyl (C=O) groups is 4. The topological polar surface area (TPSA) is 86.7 Å². The molecule has 0 aromatic rings. The molecule has 0 fully saturated rings. The average Bonchev–Trinajstić information content (AvgIpc) is 2.16. The van der Waals surface area contributed by atoms with Crippen LogP contribution in [-0.2, 0) is 28.7 Å². The molecule has 0 unspecified atom stereocenters. The van der Waals surface area contributed by atoms with Crippen molar-refractivity contribution in [3.63, 3.8) is 0 Å². The molecule has 6 nitrogen and oxygen atoms in total. The molecule has 0 aliphatic heterocycles. The van der Waals surface area contributed by atoms with Crippen molar-refractivity contribution in [1.29, 1.82) is 0 Å². The van der Waals surface area contributed by atoms with Gasteiger partial charge in [-0.25, -0.2) is 0 Å². The molecule has 0 aromatic heterocycles. The first-order chi connectivity index (χ1) is 7.99. The minimum absolute atomic E-state index is 0. The Hall–Kier alpha value is 0.280. The largest absolute Gasteiger partial charge is 1.00 e. The van der Waals surface area contributed by atoms with Crippen LogP contribution in [0.4, 0.5) is 0 Å². The molecule has 0 bridgehead atoms. The fourth-order valence-electron chi connectivity index (χ4n) is 0.954. The van der Waals surface area contributed by atoms with Gasteiger partial charge >= 0.3 is 83.0 Å². The van der Waals surface area contributed by atoms with Crippen LogP contribution in [0.2, 0.25) is 0 Å². The van der Waals surface area contributed by atoms with E-state index >= 15 is 0 Å². The summed E-state index contributed by atoms with van der Waals surface area (Å²) in [4.78, 5) is 43.8. The van der Waals surface area contributed by atoms with Crippen LogP contribution in [0.1, 0.15) is 48.8 Å². The van der Waals surface area contributed by atoms with E-state index in [1.807, 2.05) is 0 Å². The van der Waals surface area contributed by atoms with Gasteiger partial charge in [0.15, 0.2) is 0 Å².